The number of ether oxygens (including phenoxy) is 4. The fourth-order valence-electron chi connectivity index (χ4n) is 3.45. The molecule has 9 nitrogen and oxygen atoms in total. The first-order valence-electron chi connectivity index (χ1n) is 11.5. The second kappa shape index (κ2) is 13.7. The van der Waals surface area contributed by atoms with Gasteiger partial charge in [0.25, 0.3) is 0 Å². The molecular weight excluding hydrogens is 452 g/mol. The molecule has 190 valence electrons. The molecule has 35 heavy (non-hydrogen) atoms. The summed E-state index contributed by atoms with van der Waals surface area (Å²) in [6.07, 6.45) is 3.43. The van der Waals surface area contributed by atoms with E-state index < -0.39 is 12.1 Å². The van der Waals surface area contributed by atoms with Gasteiger partial charge in [-0.15, -0.1) is 0 Å². The smallest absolute Gasteiger partial charge is 0.329 e. The number of hydrogen-bond acceptors (Lipinski definition) is 8. The number of rotatable bonds is 15. The third-order valence-electron chi connectivity index (χ3n) is 5.29. The van der Waals surface area contributed by atoms with E-state index in [0.29, 0.717) is 19.0 Å². The molecule has 2 unspecified atom stereocenters. The molecule has 2 aromatic rings. The Labute approximate surface area is 205 Å². The summed E-state index contributed by atoms with van der Waals surface area (Å²) in [6, 6.07) is 14.4. The Hall–Kier alpha value is -3.11. The van der Waals surface area contributed by atoms with Crippen LogP contribution in [0.25, 0.3) is 6.08 Å². The normalized spacial score (nSPS) is 15.2. The number of hydrogen-bond donors (Lipinski definition) is 3. The van der Waals surface area contributed by atoms with E-state index in [0.717, 1.165) is 16.9 Å². The van der Waals surface area contributed by atoms with Crippen LogP contribution < -0.4 is 15.0 Å². The van der Waals surface area contributed by atoms with E-state index in [2.05, 4.69) is 46.6 Å². The van der Waals surface area contributed by atoms with Crippen molar-refractivity contribution in [2.24, 2.45) is 0 Å². The Balaban J connectivity index is 1.35. The van der Waals surface area contributed by atoms with Crippen molar-refractivity contribution in [1.82, 2.24) is 0 Å². The van der Waals surface area contributed by atoms with Crippen LogP contribution in [-0.4, -0.2) is 82.6 Å². The minimum absolute atomic E-state index is 0.102. The lowest BCUT2D eigenvalue weighted by Crippen LogP contribution is -2.24. The molecular formula is C26H34N2O7. The maximum Gasteiger partial charge on any atom is 0.329 e. The minimum Gasteiger partial charge on any atom is -0.491 e. The Morgan fingerprint density at radius 1 is 1.00 bits per heavy atom. The third kappa shape index (κ3) is 8.88. The number of aliphatic hydroxyl groups is 1. The zero-order chi connectivity index (χ0) is 25.0. The van der Waals surface area contributed by atoms with Gasteiger partial charge in [0, 0.05) is 31.0 Å². The molecule has 2 atom stereocenters. The highest BCUT2D eigenvalue weighted by Crippen LogP contribution is 2.33. The van der Waals surface area contributed by atoms with Gasteiger partial charge < -0.3 is 39.4 Å². The number of nitrogens with one attached hydrogen (secondary N) is 1. The molecule has 1 heterocycles. The summed E-state index contributed by atoms with van der Waals surface area (Å²) in [4.78, 5) is 12.4. The van der Waals surface area contributed by atoms with E-state index in [1.807, 2.05) is 32.3 Å². The minimum atomic E-state index is -1.01. The van der Waals surface area contributed by atoms with Gasteiger partial charge in [0.05, 0.1) is 39.1 Å². The van der Waals surface area contributed by atoms with Gasteiger partial charge in [0.1, 0.15) is 25.1 Å². The maximum absolute atomic E-state index is 10.3. The van der Waals surface area contributed by atoms with Crippen LogP contribution in [0.2, 0.25) is 0 Å². The number of benzene rings is 2. The van der Waals surface area contributed by atoms with Crippen LogP contribution in [0.4, 0.5) is 11.4 Å². The van der Waals surface area contributed by atoms with Crippen LogP contribution in [0.1, 0.15) is 17.2 Å². The first-order chi connectivity index (χ1) is 16.9. The molecule has 0 aromatic heterocycles. The summed E-state index contributed by atoms with van der Waals surface area (Å²) in [7, 11) is 4.05. The first kappa shape index (κ1) is 26.5. The van der Waals surface area contributed by atoms with E-state index >= 15 is 0 Å². The second-order valence-corrected chi connectivity index (χ2v) is 8.31. The number of anilines is 2. The lowest BCUT2D eigenvalue weighted by molar-refractivity contribution is -0.142. The predicted octanol–water partition coefficient (Wildman–Crippen LogP) is 2.81. The van der Waals surface area contributed by atoms with Crippen LogP contribution in [0.3, 0.4) is 0 Å². The predicted molar refractivity (Wildman–Crippen MR) is 134 cm³/mol. The van der Waals surface area contributed by atoms with Crippen LogP contribution in [0, 0.1) is 0 Å². The highest BCUT2D eigenvalue weighted by Gasteiger charge is 2.15. The van der Waals surface area contributed by atoms with E-state index in [1.165, 1.54) is 5.56 Å². The molecule has 9 heteroatoms. The number of carboxylic acid groups (broad SMARTS) is 1. The van der Waals surface area contributed by atoms with Gasteiger partial charge >= 0.3 is 5.97 Å². The monoisotopic (exact) mass is 486 g/mol. The summed E-state index contributed by atoms with van der Waals surface area (Å²) >= 11 is 0. The SMILES string of the molecule is CN(C)c1ccc(C2C=Cc3cc(OCC(O)COCCOCCOCC(=O)O)ccc3N2)cc1. The molecule has 1 aliphatic rings. The van der Waals surface area contributed by atoms with Gasteiger partial charge in [-0.1, -0.05) is 24.3 Å². The summed E-state index contributed by atoms with van der Waals surface area (Å²) < 4.78 is 21.2. The molecule has 0 saturated heterocycles. The lowest BCUT2D eigenvalue weighted by Gasteiger charge is -2.24. The molecule has 1 aliphatic heterocycles. The molecule has 3 N–H and O–H groups in total. The van der Waals surface area contributed by atoms with Crippen molar-refractivity contribution in [2.75, 3.05) is 70.6 Å². The Morgan fingerprint density at radius 2 is 1.71 bits per heavy atom. The molecule has 0 spiro atoms. The van der Waals surface area contributed by atoms with Crippen LogP contribution in [-0.2, 0) is 19.0 Å². The van der Waals surface area contributed by atoms with Gasteiger partial charge in [0.15, 0.2) is 0 Å². The largest absolute Gasteiger partial charge is 0.491 e. The lowest BCUT2D eigenvalue weighted by atomic mass is 9.99. The second-order valence-electron chi connectivity index (χ2n) is 8.31. The standard InChI is InChI=1S/C26H34N2O7/c1-28(2)21-6-3-19(4-7-21)24-9-5-20-15-23(8-10-25(20)27-24)35-17-22(29)16-33-13-11-32-12-14-34-18-26(30)31/h3-10,15,22,24,27,29H,11-14,16-18H2,1-2H3,(H,30,31). The molecule has 0 radical (unpaired) electrons. The van der Waals surface area contributed by atoms with Crippen molar-refractivity contribution >= 4 is 23.4 Å². The van der Waals surface area contributed by atoms with E-state index in [1.54, 1.807) is 0 Å². The molecule has 0 fully saturated rings. The molecule has 0 saturated carbocycles. The Bertz CT molecular complexity index is 963. The number of carbonyl (C=O) groups is 1. The van der Waals surface area contributed by atoms with Crippen molar-refractivity contribution in [3.05, 3.63) is 59.7 Å². The molecule has 0 bridgehead atoms. The number of fused-ring (bicyclic) bond motifs is 1. The highest BCUT2D eigenvalue weighted by atomic mass is 16.6. The van der Waals surface area contributed by atoms with Crippen LogP contribution in [0.15, 0.2) is 48.5 Å². The number of aliphatic hydroxyl groups excluding tert-OH is 1. The van der Waals surface area contributed by atoms with Gasteiger partial charge in [-0.3, -0.25) is 0 Å². The molecule has 2 aromatic carbocycles. The zero-order valence-electron chi connectivity index (χ0n) is 20.2. The molecule has 0 aliphatic carbocycles. The van der Waals surface area contributed by atoms with Gasteiger partial charge in [-0.05, 0) is 35.9 Å². The zero-order valence-corrected chi connectivity index (χ0v) is 20.2. The fraction of sp³-hybridized carbons (Fsp3) is 0.423. The van der Waals surface area contributed by atoms with Crippen molar-refractivity contribution < 1.29 is 34.0 Å². The van der Waals surface area contributed by atoms with Crippen LogP contribution >= 0.6 is 0 Å². The topological polar surface area (TPSA) is 110 Å². The third-order valence-corrected chi connectivity index (χ3v) is 5.29. The number of nitrogens with zero attached hydrogens (tertiary/aromatic N) is 1. The highest BCUT2D eigenvalue weighted by molar-refractivity contribution is 5.73. The summed E-state index contributed by atoms with van der Waals surface area (Å²) in [5, 5.41) is 22.1. The average Bonchev–Trinajstić information content (AvgIpc) is 2.86. The number of aliphatic carboxylic acids is 1. The maximum atomic E-state index is 10.3. The number of carboxylic acids is 1. The van der Waals surface area contributed by atoms with Gasteiger partial charge in [-0.2, -0.15) is 0 Å². The summed E-state index contributed by atoms with van der Waals surface area (Å²) in [5.41, 5.74) is 4.41. The quantitative estimate of drug-likeness (QED) is 0.327. The van der Waals surface area contributed by atoms with E-state index in [-0.39, 0.29) is 39.1 Å². The van der Waals surface area contributed by atoms with Gasteiger partial charge in [-0.25, -0.2) is 4.79 Å². The average molecular weight is 487 g/mol. The Kier molecular flexibility index (Phi) is 10.4. The van der Waals surface area contributed by atoms with Crippen molar-refractivity contribution in [3.8, 4) is 5.75 Å². The van der Waals surface area contributed by atoms with Crippen LogP contribution in [0.5, 0.6) is 5.75 Å². The summed E-state index contributed by atoms with van der Waals surface area (Å²) in [6.45, 7) is 1.03. The molecule has 0 amide bonds. The Morgan fingerprint density at radius 3 is 2.43 bits per heavy atom. The van der Waals surface area contributed by atoms with E-state index in [4.69, 9.17) is 24.1 Å². The van der Waals surface area contributed by atoms with Crippen molar-refractivity contribution in [2.45, 2.75) is 12.1 Å². The van der Waals surface area contributed by atoms with Crippen molar-refractivity contribution in [1.29, 1.82) is 0 Å². The summed E-state index contributed by atoms with van der Waals surface area (Å²) in [5.74, 6) is -0.337. The van der Waals surface area contributed by atoms with E-state index in [9.17, 15) is 9.90 Å². The van der Waals surface area contributed by atoms with Gasteiger partial charge in [0.2, 0.25) is 0 Å². The molecule has 3 rings (SSSR count). The fourth-order valence-corrected chi connectivity index (χ4v) is 3.45. The first-order valence-corrected chi connectivity index (χ1v) is 11.5. The van der Waals surface area contributed by atoms with Crippen molar-refractivity contribution in [3.63, 3.8) is 0 Å².